The Morgan fingerprint density at radius 3 is 2.84 bits per heavy atom. The van der Waals surface area contributed by atoms with Crippen molar-refractivity contribution in [3.8, 4) is 0 Å². The fourth-order valence-corrected chi connectivity index (χ4v) is 3.31. The molecule has 1 heterocycles. The molecule has 102 valence electrons. The molecule has 0 aliphatic rings. The Morgan fingerprint density at radius 1 is 1.32 bits per heavy atom. The topological polar surface area (TPSA) is 71.1 Å². The zero-order valence-corrected chi connectivity index (χ0v) is 12.1. The van der Waals surface area contributed by atoms with Crippen LogP contribution in [0, 0.1) is 0 Å². The standard InChI is InChI=1S/C12H15N3O2S2/c1-13-8-10-3-2-4-11(7-10)19(16,17)15-9-12-14-5-6-18-12/h2-7,13,15H,8-9H2,1H3. The van der Waals surface area contributed by atoms with Crippen LogP contribution in [0.5, 0.6) is 0 Å². The summed E-state index contributed by atoms with van der Waals surface area (Å²) in [5.41, 5.74) is 0.930. The van der Waals surface area contributed by atoms with Gasteiger partial charge in [-0.2, -0.15) is 0 Å². The van der Waals surface area contributed by atoms with E-state index < -0.39 is 10.0 Å². The van der Waals surface area contributed by atoms with E-state index in [9.17, 15) is 8.42 Å². The maximum Gasteiger partial charge on any atom is 0.240 e. The number of nitrogens with one attached hydrogen (secondary N) is 2. The molecule has 0 radical (unpaired) electrons. The van der Waals surface area contributed by atoms with Crippen LogP contribution in [-0.4, -0.2) is 20.4 Å². The predicted molar refractivity (Wildman–Crippen MR) is 75.3 cm³/mol. The van der Waals surface area contributed by atoms with Crippen LogP contribution in [0.2, 0.25) is 0 Å². The van der Waals surface area contributed by atoms with Gasteiger partial charge in [0.15, 0.2) is 0 Å². The van der Waals surface area contributed by atoms with Gasteiger partial charge in [-0.1, -0.05) is 12.1 Å². The van der Waals surface area contributed by atoms with Crippen LogP contribution in [0.4, 0.5) is 0 Å². The van der Waals surface area contributed by atoms with Gasteiger partial charge < -0.3 is 5.32 Å². The second-order valence-corrected chi connectivity index (χ2v) is 6.67. The smallest absolute Gasteiger partial charge is 0.240 e. The van der Waals surface area contributed by atoms with Crippen LogP contribution in [-0.2, 0) is 23.1 Å². The summed E-state index contributed by atoms with van der Waals surface area (Å²) in [5, 5.41) is 5.56. The Hall–Kier alpha value is -1.28. The SMILES string of the molecule is CNCc1cccc(S(=O)(=O)NCc2nccs2)c1. The van der Waals surface area contributed by atoms with E-state index in [-0.39, 0.29) is 11.4 Å². The van der Waals surface area contributed by atoms with Gasteiger partial charge >= 0.3 is 0 Å². The van der Waals surface area contributed by atoms with Gasteiger partial charge in [0.05, 0.1) is 11.4 Å². The summed E-state index contributed by atoms with van der Waals surface area (Å²) in [6.07, 6.45) is 1.65. The molecule has 19 heavy (non-hydrogen) atoms. The Labute approximate surface area is 116 Å². The summed E-state index contributed by atoms with van der Waals surface area (Å²) in [4.78, 5) is 4.32. The molecule has 5 nitrogen and oxygen atoms in total. The van der Waals surface area contributed by atoms with Crippen molar-refractivity contribution in [1.82, 2.24) is 15.0 Å². The second kappa shape index (κ2) is 6.25. The number of thiazole rings is 1. The summed E-state index contributed by atoms with van der Waals surface area (Å²) < 4.78 is 26.8. The number of rotatable bonds is 6. The number of aromatic nitrogens is 1. The summed E-state index contributed by atoms with van der Waals surface area (Å²) in [6, 6.07) is 6.88. The molecular weight excluding hydrogens is 282 g/mol. The number of nitrogens with zero attached hydrogens (tertiary/aromatic N) is 1. The summed E-state index contributed by atoms with van der Waals surface area (Å²) in [6.45, 7) is 0.853. The third-order valence-corrected chi connectivity index (χ3v) is 4.67. The van der Waals surface area contributed by atoms with Crippen molar-refractivity contribution in [1.29, 1.82) is 0 Å². The zero-order valence-electron chi connectivity index (χ0n) is 10.5. The van der Waals surface area contributed by atoms with Gasteiger partial charge in [-0.05, 0) is 24.7 Å². The largest absolute Gasteiger partial charge is 0.316 e. The minimum Gasteiger partial charge on any atom is -0.316 e. The van der Waals surface area contributed by atoms with Gasteiger partial charge in [0, 0.05) is 18.1 Å². The molecule has 0 atom stereocenters. The lowest BCUT2D eigenvalue weighted by Gasteiger charge is -2.07. The lowest BCUT2D eigenvalue weighted by Crippen LogP contribution is -2.23. The molecule has 1 aromatic carbocycles. The highest BCUT2D eigenvalue weighted by Gasteiger charge is 2.14. The molecule has 0 fully saturated rings. The zero-order chi connectivity index (χ0) is 13.7. The second-order valence-electron chi connectivity index (χ2n) is 3.93. The summed E-state index contributed by atoms with van der Waals surface area (Å²) in [5.74, 6) is 0. The number of sulfonamides is 1. The van der Waals surface area contributed by atoms with Crippen molar-refractivity contribution < 1.29 is 8.42 Å². The van der Waals surface area contributed by atoms with Crippen LogP contribution in [0.1, 0.15) is 10.6 Å². The summed E-state index contributed by atoms with van der Waals surface area (Å²) >= 11 is 1.42. The Bertz CT molecular complexity index is 624. The van der Waals surface area contributed by atoms with Crippen LogP contribution >= 0.6 is 11.3 Å². The van der Waals surface area contributed by atoms with Crippen molar-refractivity contribution in [2.45, 2.75) is 18.0 Å². The van der Waals surface area contributed by atoms with Crippen molar-refractivity contribution in [2.75, 3.05) is 7.05 Å². The molecule has 0 bridgehead atoms. The first-order valence-electron chi connectivity index (χ1n) is 5.73. The fraction of sp³-hybridized carbons (Fsp3) is 0.250. The Morgan fingerprint density at radius 2 is 2.16 bits per heavy atom. The maximum absolute atomic E-state index is 12.1. The Balaban J connectivity index is 2.12. The van der Waals surface area contributed by atoms with Crippen molar-refractivity contribution in [3.63, 3.8) is 0 Å². The van der Waals surface area contributed by atoms with Gasteiger partial charge in [0.2, 0.25) is 10.0 Å². The van der Waals surface area contributed by atoms with E-state index in [4.69, 9.17) is 0 Å². The minimum absolute atomic E-state index is 0.219. The first-order chi connectivity index (χ1) is 9.12. The lowest BCUT2D eigenvalue weighted by molar-refractivity contribution is 0.581. The van der Waals surface area contributed by atoms with Crippen molar-refractivity contribution in [2.24, 2.45) is 0 Å². The highest BCUT2D eigenvalue weighted by atomic mass is 32.2. The van der Waals surface area contributed by atoms with E-state index >= 15 is 0 Å². The average molecular weight is 297 g/mol. The summed E-state index contributed by atoms with van der Waals surface area (Å²) in [7, 11) is -1.67. The van der Waals surface area contributed by atoms with Crippen LogP contribution < -0.4 is 10.0 Å². The minimum atomic E-state index is -3.49. The van der Waals surface area contributed by atoms with E-state index in [0.29, 0.717) is 6.54 Å². The van der Waals surface area contributed by atoms with E-state index in [0.717, 1.165) is 10.6 Å². The van der Waals surface area contributed by atoms with E-state index in [1.54, 1.807) is 24.4 Å². The number of hydrogen-bond acceptors (Lipinski definition) is 5. The molecule has 0 aliphatic heterocycles. The molecule has 0 amide bonds. The lowest BCUT2D eigenvalue weighted by atomic mass is 10.2. The van der Waals surface area contributed by atoms with Gasteiger partial charge in [-0.15, -0.1) is 11.3 Å². The normalized spacial score (nSPS) is 11.6. The molecule has 2 N–H and O–H groups in total. The van der Waals surface area contributed by atoms with Gasteiger partial charge in [-0.3, -0.25) is 0 Å². The van der Waals surface area contributed by atoms with Gasteiger partial charge in [0.25, 0.3) is 0 Å². The molecule has 0 aliphatic carbocycles. The predicted octanol–water partition coefficient (Wildman–Crippen LogP) is 1.34. The van der Waals surface area contributed by atoms with E-state index in [2.05, 4.69) is 15.0 Å². The maximum atomic E-state index is 12.1. The molecule has 2 rings (SSSR count). The molecule has 0 saturated heterocycles. The quantitative estimate of drug-likeness (QED) is 0.844. The van der Waals surface area contributed by atoms with Crippen LogP contribution in [0.15, 0.2) is 40.7 Å². The van der Waals surface area contributed by atoms with Crippen LogP contribution in [0.25, 0.3) is 0 Å². The first kappa shape index (κ1) is 14.1. The third-order valence-electron chi connectivity index (χ3n) is 2.49. The highest BCUT2D eigenvalue weighted by molar-refractivity contribution is 7.89. The Kier molecular flexibility index (Phi) is 4.65. The number of benzene rings is 1. The van der Waals surface area contributed by atoms with Gasteiger partial charge in [-0.25, -0.2) is 18.1 Å². The number of hydrogen-bond donors (Lipinski definition) is 2. The highest BCUT2D eigenvalue weighted by Crippen LogP contribution is 2.12. The third kappa shape index (κ3) is 3.84. The molecule has 0 spiro atoms. The van der Waals surface area contributed by atoms with Gasteiger partial charge in [0.1, 0.15) is 5.01 Å². The first-order valence-corrected chi connectivity index (χ1v) is 8.09. The molecule has 0 saturated carbocycles. The average Bonchev–Trinajstić information content (AvgIpc) is 2.90. The fourth-order valence-electron chi connectivity index (χ4n) is 1.61. The van der Waals surface area contributed by atoms with Crippen molar-refractivity contribution in [3.05, 3.63) is 46.4 Å². The molecular formula is C12H15N3O2S2. The van der Waals surface area contributed by atoms with Crippen molar-refractivity contribution >= 4 is 21.4 Å². The molecule has 1 aromatic heterocycles. The van der Waals surface area contributed by atoms with E-state index in [1.807, 2.05) is 18.5 Å². The molecule has 0 unspecified atom stereocenters. The molecule has 7 heteroatoms. The monoisotopic (exact) mass is 297 g/mol. The van der Waals surface area contributed by atoms with E-state index in [1.165, 1.54) is 11.3 Å². The van der Waals surface area contributed by atoms with Crippen LogP contribution in [0.3, 0.4) is 0 Å². The molecule has 2 aromatic rings.